The van der Waals surface area contributed by atoms with Crippen molar-refractivity contribution in [1.82, 2.24) is 31.5 Å². The molecule has 0 aromatic carbocycles. The molecular formula is C40H72N8O8. The van der Waals surface area contributed by atoms with Gasteiger partial charge in [0.25, 0.3) is 0 Å². The molecule has 0 spiro atoms. The summed E-state index contributed by atoms with van der Waals surface area (Å²) in [5, 5.41) is 14.2. The van der Waals surface area contributed by atoms with Crippen molar-refractivity contribution in [2.75, 3.05) is 39.8 Å². The van der Waals surface area contributed by atoms with Crippen molar-refractivity contribution in [3.05, 3.63) is 0 Å². The molecule has 16 nitrogen and oxygen atoms in total. The molecule has 6 amide bonds. The van der Waals surface area contributed by atoms with Crippen LogP contribution in [0.3, 0.4) is 0 Å². The van der Waals surface area contributed by atoms with Gasteiger partial charge in [0.15, 0.2) is 0 Å². The number of hydrogen-bond acceptors (Lipinski definition) is 10. The molecule has 1 saturated carbocycles. The first-order chi connectivity index (χ1) is 26.6. The van der Waals surface area contributed by atoms with Crippen molar-refractivity contribution >= 4 is 41.4 Å². The molecule has 0 aromatic heterocycles. The number of nitrogens with two attached hydrogens (primary N) is 2. The molecule has 0 bridgehead atoms. The molecule has 56 heavy (non-hydrogen) atoms. The van der Waals surface area contributed by atoms with Crippen LogP contribution in [-0.4, -0.2) is 110 Å². The molecule has 16 heteroatoms. The third kappa shape index (κ3) is 16.4. The Morgan fingerprint density at radius 3 is 2.09 bits per heavy atom. The first kappa shape index (κ1) is 48.4. The van der Waals surface area contributed by atoms with Crippen LogP contribution in [0.15, 0.2) is 0 Å². The van der Waals surface area contributed by atoms with Crippen molar-refractivity contribution in [3.63, 3.8) is 0 Å². The second-order valence-corrected chi connectivity index (χ2v) is 16.2. The van der Waals surface area contributed by atoms with E-state index in [9.17, 15) is 33.6 Å². The van der Waals surface area contributed by atoms with E-state index in [1.807, 2.05) is 13.8 Å². The van der Waals surface area contributed by atoms with E-state index in [1.54, 1.807) is 20.9 Å². The number of ether oxygens (including phenoxy) is 1. The maximum atomic E-state index is 14.2. The van der Waals surface area contributed by atoms with Crippen molar-refractivity contribution in [1.29, 1.82) is 0 Å². The third-order valence-corrected chi connectivity index (χ3v) is 11.1. The van der Waals surface area contributed by atoms with Gasteiger partial charge < -0.3 is 47.7 Å². The highest BCUT2D eigenvalue weighted by atomic mass is 16.5. The second kappa shape index (κ2) is 25.5. The molecule has 2 aliphatic rings. The number of likely N-dealkylation sites (N-methyl/N-ethyl adjacent to an activating group) is 1. The lowest BCUT2D eigenvalue weighted by atomic mass is 9.83. The van der Waals surface area contributed by atoms with E-state index in [-0.39, 0.29) is 36.8 Å². The van der Waals surface area contributed by atoms with E-state index in [0.717, 1.165) is 64.5 Å². The average molecular weight is 793 g/mol. The smallest absolute Gasteiger partial charge is 0.325 e. The Kier molecular flexibility index (Phi) is 22.0. The first-order valence-electron chi connectivity index (χ1n) is 20.9. The lowest BCUT2D eigenvalue weighted by molar-refractivity contribution is -0.158. The number of amides is 6. The molecule has 2 fully saturated rings. The summed E-state index contributed by atoms with van der Waals surface area (Å²) >= 11 is 0. The molecule has 0 unspecified atom stereocenters. The minimum atomic E-state index is -1.09. The summed E-state index contributed by atoms with van der Waals surface area (Å²) in [6, 6.07) is -2.99. The van der Waals surface area contributed by atoms with Crippen molar-refractivity contribution in [2.24, 2.45) is 41.1 Å². The number of carbonyl (C=O) groups is 7. The number of hydrogen-bond donors (Lipinski definition) is 7. The van der Waals surface area contributed by atoms with Gasteiger partial charge in [-0.3, -0.25) is 33.6 Å². The topological polar surface area (TPSA) is 244 Å². The standard InChI is InChI=1S/C40H72N8O8/c1-7-8-9-13-16-32(56-33(49)24-45-36(51)26(4)23-44-37(52)29-17-19-43-20-18-29)27(5)40(55)48(6)31(21-25(2)3)38(53)47-34(28-14-11-10-12-15-28)39(54)46-30(22-41)35(42)50/h25-32,34,43H,7-24,41H2,1-6H3,(H2,42,50)(H,44,52)(H,45,51)(H,46,54)(H,47,53)/t26-,27+,30-,31-,32-,34-/m0/s1. The lowest BCUT2D eigenvalue weighted by Gasteiger charge is -2.36. The maximum Gasteiger partial charge on any atom is 0.325 e. The summed E-state index contributed by atoms with van der Waals surface area (Å²) < 4.78 is 5.86. The number of nitrogens with zero attached hydrogens (tertiary/aromatic N) is 1. The molecule has 9 N–H and O–H groups in total. The number of esters is 1. The van der Waals surface area contributed by atoms with Crippen molar-refractivity contribution in [2.45, 2.75) is 142 Å². The van der Waals surface area contributed by atoms with E-state index in [2.05, 4.69) is 33.5 Å². The molecule has 0 radical (unpaired) electrons. The molecule has 1 saturated heterocycles. The van der Waals surface area contributed by atoms with Crippen LogP contribution in [-0.2, 0) is 38.3 Å². The molecule has 6 atom stereocenters. The quantitative estimate of drug-likeness (QED) is 0.0545. The van der Waals surface area contributed by atoms with Gasteiger partial charge in [-0.15, -0.1) is 0 Å². The third-order valence-electron chi connectivity index (χ3n) is 11.1. The molecular weight excluding hydrogens is 720 g/mol. The lowest BCUT2D eigenvalue weighted by Crippen LogP contribution is -2.60. The van der Waals surface area contributed by atoms with Gasteiger partial charge in [0, 0.05) is 26.1 Å². The summed E-state index contributed by atoms with van der Waals surface area (Å²) in [4.78, 5) is 93.5. The van der Waals surface area contributed by atoms with Gasteiger partial charge in [-0.25, -0.2) is 0 Å². The fourth-order valence-corrected chi connectivity index (χ4v) is 7.45. The van der Waals surface area contributed by atoms with Crippen molar-refractivity contribution < 1.29 is 38.3 Å². The maximum absolute atomic E-state index is 14.2. The predicted octanol–water partition coefficient (Wildman–Crippen LogP) is 1.24. The van der Waals surface area contributed by atoms with Gasteiger partial charge in [0.2, 0.25) is 35.4 Å². The summed E-state index contributed by atoms with van der Waals surface area (Å²) in [5.41, 5.74) is 11.1. The van der Waals surface area contributed by atoms with E-state index in [0.29, 0.717) is 32.1 Å². The molecule has 1 aliphatic carbocycles. The molecule has 2 rings (SSSR count). The van der Waals surface area contributed by atoms with Crippen LogP contribution < -0.4 is 38.1 Å². The zero-order chi connectivity index (χ0) is 41.8. The molecule has 320 valence electrons. The number of piperidine rings is 1. The van der Waals surface area contributed by atoms with Crippen LogP contribution in [0.2, 0.25) is 0 Å². The normalized spacial score (nSPS) is 18.4. The number of carbonyl (C=O) groups excluding carboxylic acids is 7. The summed E-state index contributed by atoms with van der Waals surface area (Å²) in [6.07, 6.45) is 9.15. The highest BCUT2D eigenvalue weighted by Crippen LogP contribution is 2.28. The Hall–Kier alpha value is -3.79. The fraction of sp³-hybridized carbons (Fsp3) is 0.825. The Bertz CT molecular complexity index is 1290. The highest BCUT2D eigenvalue weighted by molar-refractivity contribution is 5.94. The minimum absolute atomic E-state index is 0.00120. The zero-order valence-corrected chi connectivity index (χ0v) is 34.8. The van der Waals surface area contributed by atoms with Crippen LogP contribution in [0.1, 0.15) is 118 Å². The Labute approximate surface area is 333 Å². The van der Waals surface area contributed by atoms with Crippen LogP contribution in [0.5, 0.6) is 0 Å². The summed E-state index contributed by atoms with van der Waals surface area (Å²) in [7, 11) is 1.54. The van der Waals surface area contributed by atoms with Gasteiger partial charge in [-0.05, 0) is 69.9 Å². The minimum Gasteiger partial charge on any atom is -0.460 e. The molecule has 1 aliphatic heterocycles. The Morgan fingerprint density at radius 1 is 0.839 bits per heavy atom. The van der Waals surface area contributed by atoms with Crippen molar-refractivity contribution in [3.8, 4) is 0 Å². The SMILES string of the molecule is CCCCCC[C@H](OC(=O)CNC(=O)[C@@H](C)CNC(=O)C1CCNCC1)[C@@H](C)C(=O)N(C)[C@@H](CC(C)C)C(=O)N[C@H](C(=O)N[C@@H](CN)C(N)=O)C1CCCCC1. The van der Waals surface area contributed by atoms with Crippen LogP contribution in [0, 0.1) is 29.6 Å². The Balaban J connectivity index is 2.15. The van der Waals surface area contributed by atoms with Gasteiger partial charge in [0.05, 0.1) is 11.8 Å². The monoisotopic (exact) mass is 793 g/mol. The summed E-state index contributed by atoms with van der Waals surface area (Å²) in [6.45, 7) is 10.4. The summed E-state index contributed by atoms with van der Waals surface area (Å²) in [5.74, 6) is -5.09. The largest absolute Gasteiger partial charge is 0.460 e. The fourth-order valence-electron chi connectivity index (χ4n) is 7.45. The van der Waals surface area contributed by atoms with Crippen LogP contribution in [0.4, 0.5) is 0 Å². The first-order valence-corrected chi connectivity index (χ1v) is 20.9. The number of rotatable bonds is 24. The van der Waals surface area contributed by atoms with E-state index in [1.165, 1.54) is 4.90 Å². The Morgan fingerprint density at radius 2 is 1.50 bits per heavy atom. The zero-order valence-electron chi connectivity index (χ0n) is 34.8. The average Bonchev–Trinajstić information content (AvgIpc) is 3.19. The van der Waals surface area contributed by atoms with E-state index >= 15 is 0 Å². The van der Waals surface area contributed by atoms with Gasteiger partial charge >= 0.3 is 5.97 Å². The van der Waals surface area contributed by atoms with Gasteiger partial charge in [-0.1, -0.05) is 73.1 Å². The highest BCUT2D eigenvalue weighted by Gasteiger charge is 2.38. The van der Waals surface area contributed by atoms with Crippen LogP contribution >= 0.6 is 0 Å². The van der Waals surface area contributed by atoms with Gasteiger partial charge in [-0.2, -0.15) is 0 Å². The van der Waals surface area contributed by atoms with Crippen LogP contribution in [0.25, 0.3) is 0 Å². The van der Waals surface area contributed by atoms with E-state index in [4.69, 9.17) is 16.2 Å². The molecule has 1 heterocycles. The number of primary amides is 1. The number of nitrogens with one attached hydrogen (secondary N) is 5. The van der Waals surface area contributed by atoms with Gasteiger partial charge in [0.1, 0.15) is 30.8 Å². The van der Waals surface area contributed by atoms with E-state index < -0.39 is 78.1 Å². The number of unbranched alkanes of at least 4 members (excludes halogenated alkanes) is 3. The molecule has 0 aromatic rings. The predicted molar refractivity (Wildman–Crippen MR) is 213 cm³/mol. The second-order valence-electron chi connectivity index (χ2n) is 16.2.